The number of hydrogen-bond donors (Lipinski definition) is 2. The second-order valence-electron chi connectivity index (χ2n) is 5.41. The number of fused-ring (bicyclic) bond motifs is 1. The van der Waals surface area contributed by atoms with E-state index >= 15 is 0 Å². The van der Waals surface area contributed by atoms with Gasteiger partial charge in [-0.05, 0) is 36.4 Å². The molecule has 0 bridgehead atoms. The summed E-state index contributed by atoms with van der Waals surface area (Å²) in [5, 5.41) is 17.8. The quantitative estimate of drug-likeness (QED) is 0.561. The number of imidazole rings is 1. The number of nitrogens with zero attached hydrogens (tertiary/aromatic N) is 4. The summed E-state index contributed by atoms with van der Waals surface area (Å²) in [6.45, 7) is 0. The molecule has 4 aromatic rings. The van der Waals surface area contributed by atoms with E-state index in [0.29, 0.717) is 28.4 Å². The summed E-state index contributed by atoms with van der Waals surface area (Å²) in [7, 11) is 0. The van der Waals surface area contributed by atoms with Crippen LogP contribution in [0.1, 0.15) is 11.9 Å². The third kappa shape index (κ3) is 2.92. The molecule has 124 valence electrons. The maximum absolute atomic E-state index is 14.0. The molecule has 0 spiro atoms. The normalized spacial score (nSPS) is 12.2. The Bertz CT molecular complexity index is 1020. The third-order valence-electron chi connectivity index (χ3n) is 3.77. The van der Waals surface area contributed by atoms with Gasteiger partial charge in [0.15, 0.2) is 11.9 Å². The van der Waals surface area contributed by atoms with E-state index in [4.69, 9.17) is 0 Å². The molecule has 1 atom stereocenters. The zero-order valence-corrected chi connectivity index (χ0v) is 13.0. The molecule has 0 aliphatic rings. The lowest BCUT2D eigenvalue weighted by atomic mass is 10.1. The smallest absolute Gasteiger partial charge is 0.170 e. The van der Waals surface area contributed by atoms with E-state index in [1.165, 1.54) is 16.8 Å². The van der Waals surface area contributed by atoms with Crippen LogP contribution in [0, 0.1) is 5.82 Å². The molecule has 1 aromatic carbocycles. The highest BCUT2D eigenvalue weighted by atomic mass is 19.1. The van der Waals surface area contributed by atoms with E-state index in [2.05, 4.69) is 20.4 Å². The minimum absolute atomic E-state index is 0.358. The molecule has 0 fully saturated rings. The first-order valence-electron chi connectivity index (χ1n) is 7.67. The van der Waals surface area contributed by atoms with Crippen molar-refractivity contribution in [3.8, 4) is 11.3 Å². The standard InChI is InChI=1S/C18H14FN5O/c19-13-6-2-1-5-12(13)14-8-9-17-21-11-15(24(17)23-14)18(25)22-16-7-3-4-10-20-16/h1-11,18,25H,(H,20,22). The molecule has 1 unspecified atom stereocenters. The maximum Gasteiger partial charge on any atom is 0.170 e. The summed E-state index contributed by atoms with van der Waals surface area (Å²) in [6, 6.07) is 15.2. The highest BCUT2D eigenvalue weighted by Gasteiger charge is 2.16. The van der Waals surface area contributed by atoms with Crippen LogP contribution in [-0.4, -0.2) is 24.7 Å². The molecule has 7 heteroatoms. The van der Waals surface area contributed by atoms with Crippen LogP contribution in [-0.2, 0) is 0 Å². The molecular formula is C18H14FN5O. The van der Waals surface area contributed by atoms with Gasteiger partial charge in [-0.25, -0.2) is 18.9 Å². The molecule has 0 saturated carbocycles. The van der Waals surface area contributed by atoms with E-state index in [9.17, 15) is 9.50 Å². The lowest BCUT2D eigenvalue weighted by Gasteiger charge is -2.13. The number of aliphatic hydroxyl groups excluding tert-OH is 1. The molecule has 0 radical (unpaired) electrons. The fraction of sp³-hybridized carbons (Fsp3) is 0.0556. The van der Waals surface area contributed by atoms with Gasteiger partial charge in [0.2, 0.25) is 0 Å². The SMILES string of the molecule is OC(Nc1ccccn1)c1cnc2ccc(-c3ccccc3F)nn12. The van der Waals surface area contributed by atoms with Crippen molar-refractivity contribution >= 4 is 11.5 Å². The first-order valence-corrected chi connectivity index (χ1v) is 7.67. The van der Waals surface area contributed by atoms with E-state index in [1.807, 2.05) is 6.07 Å². The van der Waals surface area contributed by atoms with Crippen molar-refractivity contribution in [3.63, 3.8) is 0 Å². The predicted molar refractivity (Wildman–Crippen MR) is 91.2 cm³/mol. The lowest BCUT2D eigenvalue weighted by Crippen LogP contribution is -2.14. The van der Waals surface area contributed by atoms with Crippen LogP contribution >= 0.6 is 0 Å². The van der Waals surface area contributed by atoms with Gasteiger partial charge in [-0.3, -0.25) is 0 Å². The summed E-state index contributed by atoms with van der Waals surface area (Å²) in [4.78, 5) is 8.34. The number of anilines is 1. The maximum atomic E-state index is 14.0. The Morgan fingerprint density at radius 3 is 2.64 bits per heavy atom. The highest BCUT2D eigenvalue weighted by Crippen LogP contribution is 2.22. The molecule has 25 heavy (non-hydrogen) atoms. The third-order valence-corrected chi connectivity index (χ3v) is 3.77. The molecule has 0 aliphatic heterocycles. The number of nitrogens with one attached hydrogen (secondary N) is 1. The largest absolute Gasteiger partial charge is 0.368 e. The van der Waals surface area contributed by atoms with E-state index < -0.39 is 6.23 Å². The average molecular weight is 335 g/mol. The molecular weight excluding hydrogens is 321 g/mol. The van der Waals surface area contributed by atoms with E-state index in [-0.39, 0.29) is 5.82 Å². The van der Waals surface area contributed by atoms with Crippen LogP contribution in [0.25, 0.3) is 16.9 Å². The fourth-order valence-electron chi connectivity index (χ4n) is 2.55. The van der Waals surface area contributed by atoms with Crippen molar-refractivity contribution in [1.82, 2.24) is 19.6 Å². The second-order valence-corrected chi connectivity index (χ2v) is 5.41. The van der Waals surface area contributed by atoms with Gasteiger partial charge in [0, 0.05) is 11.8 Å². The Labute approximate surface area is 142 Å². The van der Waals surface area contributed by atoms with Crippen molar-refractivity contribution in [2.24, 2.45) is 0 Å². The first-order chi connectivity index (χ1) is 12.2. The van der Waals surface area contributed by atoms with Crippen molar-refractivity contribution in [2.45, 2.75) is 6.23 Å². The second kappa shape index (κ2) is 6.29. The molecule has 4 rings (SSSR count). The topological polar surface area (TPSA) is 75.3 Å². The van der Waals surface area contributed by atoms with Gasteiger partial charge in [-0.2, -0.15) is 5.10 Å². The lowest BCUT2D eigenvalue weighted by molar-refractivity contribution is 0.200. The zero-order valence-electron chi connectivity index (χ0n) is 13.0. The number of aliphatic hydroxyl groups is 1. The van der Waals surface area contributed by atoms with Crippen molar-refractivity contribution < 1.29 is 9.50 Å². The van der Waals surface area contributed by atoms with Crippen LogP contribution in [0.2, 0.25) is 0 Å². The van der Waals surface area contributed by atoms with Gasteiger partial charge in [0.05, 0.1) is 11.9 Å². The van der Waals surface area contributed by atoms with Crippen molar-refractivity contribution in [3.05, 3.63) is 78.5 Å². The molecule has 0 aliphatic carbocycles. The summed E-state index contributed by atoms with van der Waals surface area (Å²) in [5.41, 5.74) is 1.82. The Kier molecular flexibility index (Phi) is 3.83. The monoisotopic (exact) mass is 335 g/mol. The summed E-state index contributed by atoms with van der Waals surface area (Å²) >= 11 is 0. The van der Waals surface area contributed by atoms with Gasteiger partial charge >= 0.3 is 0 Å². The Hall–Kier alpha value is -3.32. The number of aromatic nitrogens is 4. The summed E-state index contributed by atoms with van der Waals surface area (Å²) in [5.74, 6) is 0.165. The number of pyridine rings is 1. The minimum Gasteiger partial charge on any atom is -0.368 e. The van der Waals surface area contributed by atoms with Crippen LogP contribution in [0.5, 0.6) is 0 Å². The highest BCUT2D eigenvalue weighted by molar-refractivity contribution is 5.61. The molecule has 3 aromatic heterocycles. The minimum atomic E-state index is -1.06. The Balaban J connectivity index is 1.73. The van der Waals surface area contributed by atoms with Gasteiger partial charge < -0.3 is 10.4 Å². The summed E-state index contributed by atoms with van der Waals surface area (Å²) in [6.07, 6.45) is 2.08. The van der Waals surface area contributed by atoms with Gasteiger partial charge in [-0.15, -0.1) is 0 Å². The van der Waals surface area contributed by atoms with Gasteiger partial charge in [0.1, 0.15) is 17.3 Å². The molecule has 2 N–H and O–H groups in total. The summed E-state index contributed by atoms with van der Waals surface area (Å²) < 4.78 is 15.5. The average Bonchev–Trinajstić information content (AvgIpc) is 3.06. The Morgan fingerprint density at radius 2 is 1.84 bits per heavy atom. The van der Waals surface area contributed by atoms with Crippen LogP contribution in [0.3, 0.4) is 0 Å². The number of benzene rings is 1. The van der Waals surface area contributed by atoms with E-state index in [0.717, 1.165) is 0 Å². The number of rotatable bonds is 4. The Morgan fingerprint density at radius 1 is 1.00 bits per heavy atom. The fourth-order valence-corrected chi connectivity index (χ4v) is 2.55. The van der Waals surface area contributed by atoms with Crippen LogP contribution < -0.4 is 5.32 Å². The van der Waals surface area contributed by atoms with E-state index in [1.54, 1.807) is 48.7 Å². The molecule has 3 heterocycles. The molecule has 0 amide bonds. The van der Waals surface area contributed by atoms with Crippen molar-refractivity contribution in [1.29, 1.82) is 0 Å². The number of halogens is 1. The zero-order chi connectivity index (χ0) is 17.2. The van der Waals surface area contributed by atoms with Crippen LogP contribution in [0.15, 0.2) is 67.0 Å². The van der Waals surface area contributed by atoms with Gasteiger partial charge in [0.25, 0.3) is 0 Å². The first kappa shape index (κ1) is 15.2. The molecule has 0 saturated heterocycles. The van der Waals surface area contributed by atoms with Crippen molar-refractivity contribution in [2.75, 3.05) is 5.32 Å². The molecule has 6 nitrogen and oxygen atoms in total. The van der Waals surface area contributed by atoms with Gasteiger partial charge in [-0.1, -0.05) is 18.2 Å². The van der Waals surface area contributed by atoms with Crippen LogP contribution in [0.4, 0.5) is 10.2 Å². The number of hydrogen-bond acceptors (Lipinski definition) is 5. The predicted octanol–water partition coefficient (Wildman–Crippen LogP) is 3.03.